The molecule has 0 aromatic carbocycles. The van der Waals surface area contributed by atoms with Crippen molar-refractivity contribution in [2.45, 2.75) is 65.3 Å². The number of rotatable bonds is 3. The molecule has 0 N–H and O–H groups in total. The molecule has 0 radical (unpaired) electrons. The van der Waals surface area contributed by atoms with Crippen molar-refractivity contribution in [2.24, 2.45) is 5.41 Å². The molecule has 0 bridgehead atoms. The highest BCUT2D eigenvalue weighted by molar-refractivity contribution is 5.31. The van der Waals surface area contributed by atoms with Crippen LogP contribution in [-0.4, -0.2) is 23.1 Å². The van der Waals surface area contributed by atoms with Crippen molar-refractivity contribution in [3.05, 3.63) is 18.0 Å². The molecule has 0 atom stereocenters. The monoisotopic (exact) mass is 261 g/mol. The summed E-state index contributed by atoms with van der Waals surface area (Å²) in [5.41, 5.74) is 1.43. The van der Waals surface area contributed by atoms with Gasteiger partial charge >= 0.3 is 0 Å². The summed E-state index contributed by atoms with van der Waals surface area (Å²) in [4.78, 5) is 11.5. The third kappa shape index (κ3) is 4.19. The molecule has 1 fully saturated rings. The normalized spacial score (nSPS) is 17.5. The first-order chi connectivity index (χ1) is 8.96. The van der Waals surface area contributed by atoms with Gasteiger partial charge in [-0.15, -0.1) is 0 Å². The number of hydrogen-bond donors (Lipinski definition) is 0. The molecule has 0 saturated heterocycles. The van der Waals surface area contributed by atoms with E-state index in [9.17, 15) is 0 Å². The average Bonchev–Trinajstić information content (AvgIpc) is 2.37. The smallest absolute Gasteiger partial charge is 0.225 e. The molecule has 0 amide bonds. The quantitative estimate of drug-likeness (QED) is 0.828. The van der Waals surface area contributed by atoms with Crippen LogP contribution < -0.4 is 4.90 Å². The van der Waals surface area contributed by atoms with Gasteiger partial charge in [0.2, 0.25) is 5.95 Å². The van der Waals surface area contributed by atoms with Gasteiger partial charge in [-0.1, -0.05) is 40.0 Å². The predicted octanol–water partition coefficient (Wildman–Crippen LogP) is 3.83. The molecule has 3 nitrogen and oxygen atoms in total. The Morgan fingerprint density at radius 1 is 1.21 bits per heavy atom. The fourth-order valence-electron chi connectivity index (χ4n) is 2.83. The molecule has 1 aromatic rings. The van der Waals surface area contributed by atoms with E-state index in [1.54, 1.807) is 0 Å². The Labute approximate surface area is 117 Å². The number of nitrogens with zero attached hydrogens (tertiary/aromatic N) is 3. The highest BCUT2D eigenvalue weighted by Gasteiger charge is 2.20. The van der Waals surface area contributed by atoms with Gasteiger partial charge in [0.05, 0.1) is 0 Å². The first-order valence-electron chi connectivity index (χ1n) is 7.50. The van der Waals surface area contributed by atoms with Gasteiger partial charge < -0.3 is 4.90 Å². The molecule has 3 heteroatoms. The molecule has 19 heavy (non-hydrogen) atoms. The van der Waals surface area contributed by atoms with Crippen LogP contribution in [0.3, 0.4) is 0 Å². The highest BCUT2D eigenvalue weighted by atomic mass is 15.2. The number of aromatic nitrogens is 2. The van der Waals surface area contributed by atoms with E-state index in [0.29, 0.717) is 6.04 Å². The van der Waals surface area contributed by atoms with E-state index in [0.717, 1.165) is 18.1 Å². The second-order valence-corrected chi connectivity index (χ2v) is 6.99. The van der Waals surface area contributed by atoms with Gasteiger partial charge in [-0.2, -0.15) is 0 Å². The Hall–Kier alpha value is -1.12. The van der Waals surface area contributed by atoms with Crippen molar-refractivity contribution in [3.63, 3.8) is 0 Å². The van der Waals surface area contributed by atoms with Gasteiger partial charge in [0.25, 0.3) is 0 Å². The summed E-state index contributed by atoms with van der Waals surface area (Å²) in [5, 5.41) is 0. The van der Waals surface area contributed by atoms with Gasteiger partial charge in [0.15, 0.2) is 0 Å². The summed E-state index contributed by atoms with van der Waals surface area (Å²) in [5.74, 6) is 0.897. The van der Waals surface area contributed by atoms with Crippen LogP contribution >= 0.6 is 0 Å². The molecule has 0 aliphatic heterocycles. The lowest BCUT2D eigenvalue weighted by Gasteiger charge is -2.31. The van der Waals surface area contributed by atoms with Gasteiger partial charge in [0.1, 0.15) is 0 Å². The Morgan fingerprint density at radius 2 is 1.89 bits per heavy atom. The molecule has 0 unspecified atom stereocenters. The molecule has 106 valence electrons. The SMILES string of the molecule is CN(c1nccc(CC(C)(C)C)n1)C1CCCCC1. The van der Waals surface area contributed by atoms with E-state index >= 15 is 0 Å². The molecule has 2 rings (SSSR count). The number of hydrogen-bond acceptors (Lipinski definition) is 3. The largest absolute Gasteiger partial charge is 0.341 e. The van der Waals surface area contributed by atoms with Crippen LogP contribution in [0.15, 0.2) is 12.3 Å². The Kier molecular flexibility index (Phi) is 4.43. The van der Waals surface area contributed by atoms with Crippen LogP contribution in [0.2, 0.25) is 0 Å². The summed E-state index contributed by atoms with van der Waals surface area (Å²) >= 11 is 0. The zero-order valence-corrected chi connectivity index (χ0v) is 12.8. The molecule has 1 saturated carbocycles. The predicted molar refractivity (Wildman–Crippen MR) is 80.5 cm³/mol. The van der Waals surface area contributed by atoms with E-state index in [-0.39, 0.29) is 5.41 Å². The third-order valence-electron chi connectivity index (χ3n) is 3.85. The van der Waals surface area contributed by atoms with Crippen molar-refractivity contribution < 1.29 is 0 Å². The molecule has 1 aliphatic carbocycles. The first-order valence-corrected chi connectivity index (χ1v) is 7.50. The van der Waals surface area contributed by atoms with Crippen molar-refractivity contribution >= 4 is 5.95 Å². The summed E-state index contributed by atoms with van der Waals surface area (Å²) in [6.45, 7) is 6.75. The lowest BCUT2D eigenvalue weighted by atomic mass is 9.90. The van der Waals surface area contributed by atoms with Crippen LogP contribution in [0.4, 0.5) is 5.95 Å². The second kappa shape index (κ2) is 5.89. The van der Waals surface area contributed by atoms with Crippen LogP contribution in [-0.2, 0) is 6.42 Å². The van der Waals surface area contributed by atoms with Crippen LogP contribution in [0.25, 0.3) is 0 Å². The zero-order valence-electron chi connectivity index (χ0n) is 12.8. The van der Waals surface area contributed by atoms with Gasteiger partial charge in [0, 0.05) is 25.0 Å². The van der Waals surface area contributed by atoms with E-state index in [1.807, 2.05) is 12.3 Å². The molecule has 1 aromatic heterocycles. The van der Waals surface area contributed by atoms with Gasteiger partial charge in [-0.3, -0.25) is 0 Å². The van der Waals surface area contributed by atoms with Gasteiger partial charge in [-0.05, 0) is 30.7 Å². The topological polar surface area (TPSA) is 29.0 Å². The maximum atomic E-state index is 4.75. The van der Waals surface area contributed by atoms with Crippen LogP contribution in [0, 0.1) is 5.41 Å². The molecular weight excluding hydrogens is 234 g/mol. The van der Waals surface area contributed by atoms with Crippen molar-refractivity contribution in [1.29, 1.82) is 0 Å². The summed E-state index contributed by atoms with van der Waals surface area (Å²) < 4.78 is 0. The summed E-state index contributed by atoms with van der Waals surface area (Å²) in [7, 11) is 2.15. The second-order valence-electron chi connectivity index (χ2n) is 6.99. The third-order valence-corrected chi connectivity index (χ3v) is 3.85. The van der Waals surface area contributed by atoms with E-state index in [2.05, 4.69) is 37.7 Å². The van der Waals surface area contributed by atoms with E-state index in [1.165, 1.54) is 32.1 Å². The maximum Gasteiger partial charge on any atom is 0.225 e. The molecule has 1 heterocycles. The Balaban J connectivity index is 2.09. The molecule has 0 spiro atoms. The summed E-state index contributed by atoms with van der Waals surface area (Å²) in [6.07, 6.45) is 9.54. The van der Waals surface area contributed by atoms with Crippen molar-refractivity contribution in [2.75, 3.05) is 11.9 Å². The zero-order chi connectivity index (χ0) is 13.9. The van der Waals surface area contributed by atoms with Crippen LogP contribution in [0.1, 0.15) is 58.6 Å². The van der Waals surface area contributed by atoms with Crippen LogP contribution in [0.5, 0.6) is 0 Å². The average molecular weight is 261 g/mol. The van der Waals surface area contributed by atoms with Gasteiger partial charge in [-0.25, -0.2) is 9.97 Å². The highest BCUT2D eigenvalue weighted by Crippen LogP contribution is 2.25. The maximum absolute atomic E-state index is 4.75. The van der Waals surface area contributed by atoms with Crippen molar-refractivity contribution in [3.8, 4) is 0 Å². The van der Waals surface area contributed by atoms with Crippen molar-refractivity contribution in [1.82, 2.24) is 9.97 Å². The molecule has 1 aliphatic rings. The minimum absolute atomic E-state index is 0.273. The lowest BCUT2D eigenvalue weighted by Crippen LogP contribution is -2.34. The fourth-order valence-corrected chi connectivity index (χ4v) is 2.83. The Morgan fingerprint density at radius 3 is 2.53 bits per heavy atom. The Bertz CT molecular complexity index is 403. The minimum Gasteiger partial charge on any atom is -0.341 e. The number of anilines is 1. The first kappa shape index (κ1) is 14.3. The fraction of sp³-hybridized carbons (Fsp3) is 0.750. The van der Waals surface area contributed by atoms with E-state index in [4.69, 9.17) is 4.98 Å². The lowest BCUT2D eigenvalue weighted by molar-refractivity contribution is 0.404. The summed E-state index contributed by atoms with van der Waals surface area (Å²) in [6, 6.07) is 2.67. The standard InChI is InChI=1S/C16H27N3/c1-16(2,3)12-13-10-11-17-15(18-13)19(4)14-8-6-5-7-9-14/h10-11,14H,5-9,12H2,1-4H3. The molecular formula is C16H27N3. The minimum atomic E-state index is 0.273. The van der Waals surface area contributed by atoms with E-state index < -0.39 is 0 Å².